The Hall–Kier alpha value is -5.85. The number of benzene rings is 4. The molecule has 1 N–H and O–H groups in total. The second kappa shape index (κ2) is 15.7. The highest BCUT2D eigenvalue weighted by Crippen LogP contribution is 2.49. The lowest BCUT2D eigenvalue weighted by atomic mass is 9.71. The van der Waals surface area contributed by atoms with Gasteiger partial charge in [-0.1, -0.05) is 131 Å². The maximum absolute atomic E-state index is 14.5. The van der Waals surface area contributed by atoms with Gasteiger partial charge in [0.1, 0.15) is 5.82 Å². The summed E-state index contributed by atoms with van der Waals surface area (Å²) in [5.41, 5.74) is 13.9. The van der Waals surface area contributed by atoms with E-state index in [9.17, 15) is 14.3 Å². The van der Waals surface area contributed by atoms with Gasteiger partial charge in [0, 0.05) is 34.2 Å². The molecule has 0 fully saturated rings. The van der Waals surface area contributed by atoms with Gasteiger partial charge in [-0.15, -0.1) is 0 Å². The number of pyridine rings is 1. The number of hydrogen-bond donors (Lipinski definition) is 1. The fraction of sp³-hybridized carbons (Fsp3) is 0.240. The summed E-state index contributed by atoms with van der Waals surface area (Å²) in [6.07, 6.45) is 11.6. The number of fused-ring (bicyclic) bond motifs is 5. The summed E-state index contributed by atoms with van der Waals surface area (Å²) in [6, 6.07) is 31.6. The molecule has 6 aromatic rings. The highest BCUT2D eigenvalue weighted by molar-refractivity contribution is 5.83. The van der Waals surface area contributed by atoms with Crippen molar-refractivity contribution in [2.24, 2.45) is 0 Å². The Morgan fingerprint density at radius 3 is 2.38 bits per heavy atom. The van der Waals surface area contributed by atoms with E-state index in [4.69, 9.17) is 14.1 Å². The third-order valence-electron chi connectivity index (χ3n) is 11.2. The lowest BCUT2D eigenvalue weighted by Crippen LogP contribution is -2.17. The minimum absolute atomic E-state index is 0.00910. The Balaban J connectivity index is 1.28. The maximum atomic E-state index is 14.5. The van der Waals surface area contributed by atoms with Crippen LogP contribution in [0.5, 0.6) is 5.75 Å². The number of ether oxygens (including phenoxy) is 1. The summed E-state index contributed by atoms with van der Waals surface area (Å²) in [5.74, 6) is -0.568. The second-order valence-electron chi connectivity index (χ2n) is 15.5. The van der Waals surface area contributed by atoms with Gasteiger partial charge >= 0.3 is 5.63 Å². The zero-order chi connectivity index (χ0) is 38.9. The van der Waals surface area contributed by atoms with Crippen molar-refractivity contribution in [2.45, 2.75) is 77.4 Å². The number of hydrogen-bond acceptors (Lipinski definition) is 5. The first kappa shape index (κ1) is 37.1. The first-order valence-electron chi connectivity index (χ1n) is 19.5. The van der Waals surface area contributed by atoms with Crippen LogP contribution in [0.1, 0.15) is 114 Å². The van der Waals surface area contributed by atoms with Crippen molar-refractivity contribution in [1.82, 2.24) is 4.98 Å². The quantitative estimate of drug-likeness (QED) is 0.151. The van der Waals surface area contributed by atoms with Gasteiger partial charge in [-0.2, -0.15) is 0 Å². The molecule has 0 bridgehead atoms. The molecule has 2 aliphatic carbocycles. The molecule has 56 heavy (non-hydrogen) atoms. The second-order valence-corrected chi connectivity index (χ2v) is 15.5. The van der Waals surface area contributed by atoms with Crippen LogP contribution in [0.2, 0.25) is 0 Å². The van der Waals surface area contributed by atoms with Crippen molar-refractivity contribution in [2.75, 3.05) is 0 Å². The molecule has 2 unspecified atom stereocenters. The van der Waals surface area contributed by atoms with Crippen LogP contribution in [0.4, 0.5) is 4.39 Å². The third-order valence-corrected chi connectivity index (χ3v) is 11.2. The summed E-state index contributed by atoms with van der Waals surface area (Å²) < 4.78 is 25.9. The van der Waals surface area contributed by atoms with Gasteiger partial charge in [0.05, 0.1) is 25.2 Å². The maximum Gasteiger partial charge on any atom is 0.378 e. The first-order chi connectivity index (χ1) is 27.2. The molecule has 0 spiro atoms. The van der Waals surface area contributed by atoms with E-state index in [1.807, 2.05) is 30.3 Å². The fourth-order valence-electron chi connectivity index (χ4n) is 8.63. The molecule has 0 saturated heterocycles. The number of allylic oxidation sites excluding steroid dienone is 2. The predicted molar refractivity (Wildman–Crippen MR) is 222 cm³/mol. The fourth-order valence-corrected chi connectivity index (χ4v) is 8.63. The molecule has 0 radical (unpaired) electrons. The largest absolute Gasteiger partial charge is 0.502 e. The molecular weight excluding hydrogens is 698 g/mol. The molecule has 0 aliphatic heterocycles. The zero-order valence-electron chi connectivity index (χ0n) is 32.3. The smallest absolute Gasteiger partial charge is 0.378 e. The number of aromatic nitrogens is 1. The van der Waals surface area contributed by atoms with Crippen LogP contribution in [0.3, 0.4) is 0 Å². The highest BCUT2D eigenvalue weighted by Gasteiger charge is 2.32. The molecule has 2 heterocycles. The Morgan fingerprint density at radius 1 is 0.857 bits per heavy atom. The molecule has 8 rings (SSSR count). The molecule has 2 aliphatic rings. The van der Waals surface area contributed by atoms with Crippen molar-refractivity contribution in [3.63, 3.8) is 0 Å². The van der Waals surface area contributed by atoms with Crippen LogP contribution in [0.25, 0.3) is 34.4 Å². The van der Waals surface area contributed by atoms with Crippen LogP contribution in [0, 0.1) is 5.82 Å². The van der Waals surface area contributed by atoms with Crippen LogP contribution >= 0.6 is 0 Å². The van der Waals surface area contributed by atoms with Gasteiger partial charge in [-0.25, -0.2) is 9.18 Å². The lowest BCUT2D eigenvalue weighted by Gasteiger charge is -2.33. The normalized spacial score (nSPS) is 16.0. The monoisotopic (exact) mass is 743 g/mol. The van der Waals surface area contributed by atoms with E-state index in [-0.39, 0.29) is 35.2 Å². The molecule has 5 nitrogen and oxygen atoms in total. The van der Waals surface area contributed by atoms with Gasteiger partial charge in [0.2, 0.25) is 5.75 Å². The molecule has 2 aromatic heterocycles. The number of halogens is 1. The number of nitrogens with zero attached hydrogens (tertiary/aromatic N) is 1. The van der Waals surface area contributed by atoms with Gasteiger partial charge < -0.3 is 14.3 Å². The summed E-state index contributed by atoms with van der Waals surface area (Å²) in [5, 5.41) is 10.9. The van der Waals surface area contributed by atoms with E-state index < -0.39 is 5.63 Å². The average molecular weight is 744 g/mol. The molecule has 6 heteroatoms. The Bertz CT molecular complexity index is 2510. The van der Waals surface area contributed by atoms with E-state index >= 15 is 0 Å². The van der Waals surface area contributed by atoms with Crippen molar-refractivity contribution in [3.8, 4) is 28.0 Å². The Kier molecular flexibility index (Phi) is 10.4. The SMILES string of the molecule is CC(C)c1nc(C(C)C)c(COCc2ccccc2)c(-c2ccc(F)cc2)c1C=CC1Cc2c(ccc3c2C(c2ccoc(=O)c2O)CC=C3)-c2ccccc21. The molecule has 282 valence electrons. The van der Waals surface area contributed by atoms with Gasteiger partial charge in [-0.3, -0.25) is 4.98 Å². The predicted octanol–water partition coefficient (Wildman–Crippen LogP) is 12.1. The molecule has 0 saturated carbocycles. The van der Waals surface area contributed by atoms with Crippen LogP contribution in [0.15, 0.2) is 125 Å². The van der Waals surface area contributed by atoms with Crippen molar-refractivity contribution >= 4 is 12.2 Å². The summed E-state index contributed by atoms with van der Waals surface area (Å²) in [6.45, 7) is 9.50. The number of rotatable bonds is 10. The minimum Gasteiger partial charge on any atom is -0.502 e. The van der Waals surface area contributed by atoms with Crippen LogP contribution in [-0.2, 0) is 24.4 Å². The summed E-state index contributed by atoms with van der Waals surface area (Å²) in [4.78, 5) is 17.9. The minimum atomic E-state index is -0.727. The zero-order valence-corrected chi connectivity index (χ0v) is 32.3. The van der Waals surface area contributed by atoms with E-state index in [1.165, 1.54) is 40.6 Å². The van der Waals surface area contributed by atoms with E-state index in [0.717, 1.165) is 56.8 Å². The van der Waals surface area contributed by atoms with Crippen molar-refractivity contribution < 1.29 is 18.7 Å². The van der Waals surface area contributed by atoms with Gasteiger partial charge in [0.25, 0.3) is 0 Å². The molecule has 2 atom stereocenters. The molecule has 4 aromatic carbocycles. The molecule has 0 amide bonds. The number of aromatic hydroxyl groups is 1. The topological polar surface area (TPSA) is 72.6 Å². The Labute approximate surface area is 327 Å². The van der Waals surface area contributed by atoms with Crippen LogP contribution in [-0.4, -0.2) is 10.1 Å². The van der Waals surface area contributed by atoms with E-state index in [0.29, 0.717) is 25.2 Å². The van der Waals surface area contributed by atoms with Gasteiger partial charge in [0.15, 0.2) is 0 Å². The Morgan fingerprint density at radius 2 is 1.61 bits per heavy atom. The van der Waals surface area contributed by atoms with Gasteiger partial charge in [-0.05, 0) is 92.9 Å². The standard InChI is InChI=1S/C50H46FNO4/c1-30(2)47-42(46(34-17-21-36(51)22-18-34)44(48(52-47)31(3)4)29-55-28-32-11-6-5-7-12-32)24-20-35-27-43-39(38-15-9-8-14-37(35)38)23-19-33-13-10-16-40(45(33)43)41-25-26-56-50(54)49(41)53/h5-15,17-26,30-31,35,40,53H,16,27-29H2,1-4H3. The first-order valence-corrected chi connectivity index (χ1v) is 19.5. The average Bonchev–Trinajstić information content (AvgIpc) is 3.21. The van der Waals surface area contributed by atoms with Crippen molar-refractivity contribution in [1.29, 1.82) is 0 Å². The summed E-state index contributed by atoms with van der Waals surface area (Å²) in [7, 11) is 0. The van der Waals surface area contributed by atoms with Crippen molar-refractivity contribution in [3.05, 3.63) is 188 Å². The van der Waals surface area contributed by atoms with E-state index in [1.54, 1.807) is 6.07 Å². The third kappa shape index (κ3) is 7.06. The van der Waals surface area contributed by atoms with E-state index in [2.05, 4.69) is 101 Å². The molecular formula is C50H46FNO4. The lowest BCUT2D eigenvalue weighted by molar-refractivity contribution is 0.106. The highest BCUT2D eigenvalue weighted by atomic mass is 19.1. The van der Waals surface area contributed by atoms with Crippen LogP contribution < -0.4 is 5.63 Å². The summed E-state index contributed by atoms with van der Waals surface area (Å²) >= 11 is 0.